The molecule has 23 heavy (non-hydrogen) atoms. The van der Waals surface area contributed by atoms with E-state index in [1.165, 1.54) is 0 Å². The van der Waals surface area contributed by atoms with Crippen LogP contribution in [0.3, 0.4) is 0 Å². The number of benzene rings is 2. The number of para-hydroxylation sites is 2. The van der Waals surface area contributed by atoms with Gasteiger partial charge in [-0.3, -0.25) is 5.01 Å². The molecule has 2 aromatic rings. The van der Waals surface area contributed by atoms with E-state index < -0.39 is 0 Å². The Balaban J connectivity index is 1.59. The van der Waals surface area contributed by atoms with E-state index in [2.05, 4.69) is 55.2 Å². The average Bonchev–Trinajstić information content (AvgIpc) is 2.62. The van der Waals surface area contributed by atoms with Gasteiger partial charge in [0.15, 0.2) is 0 Å². The summed E-state index contributed by atoms with van der Waals surface area (Å²) in [7, 11) is 1.72. The highest BCUT2D eigenvalue weighted by Gasteiger charge is 2.18. The second-order valence-corrected chi connectivity index (χ2v) is 6.32. The molecule has 0 N–H and O–H groups in total. The highest BCUT2D eigenvalue weighted by Crippen LogP contribution is 2.28. The second kappa shape index (κ2) is 7.51. The highest BCUT2D eigenvalue weighted by atomic mass is 79.9. The summed E-state index contributed by atoms with van der Waals surface area (Å²) < 4.78 is 6.54. The van der Waals surface area contributed by atoms with Gasteiger partial charge in [0.25, 0.3) is 0 Å². The van der Waals surface area contributed by atoms with Crippen molar-refractivity contribution in [2.45, 2.75) is 0 Å². The normalized spacial score (nSPS) is 15.2. The second-order valence-electron chi connectivity index (χ2n) is 5.41. The van der Waals surface area contributed by atoms with Crippen molar-refractivity contribution in [3.8, 4) is 5.75 Å². The number of hydrogen-bond acceptors (Lipinski definition) is 4. The first-order valence-corrected chi connectivity index (χ1v) is 8.48. The van der Waals surface area contributed by atoms with Gasteiger partial charge in [-0.2, -0.15) is 5.10 Å². The molecule has 1 aliphatic rings. The Kier molecular flexibility index (Phi) is 5.18. The number of methoxy groups -OCH3 is 1. The molecule has 3 rings (SSSR count). The van der Waals surface area contributed by atoms with Crippen molar-refractivity contribution in [2.24, 2.45) is 5.10 Å². The minimum Gasteiger partial charge on any atom is -0.495 e. The van der Waals surface area contributed by atoms with Crippen molar-refractivity contribution in [3.05, 3.63) is 58.6 Å². The van der Waals surface area contributed by atoms with Crippen LogP contribution in [0, 0.1) is 0 Å². The summed E-state index contributed by atoms with van der Waals surface area (Å²) in [6, 6.07) is 16.3. The lowest BCUT2D eigenvalue weighted by atomic mass is 10.2. The monoisotopic (exact) mass is 373 g/mol. The number of rotatable bonds is 4. The van der Waals surface area contributed by atoms with Crippen LogP contribution in [0.1, 0.15) is 5.56 Å². The molecule has 0 spiro atoms. The van der Waals surface area contributed by atoms with Gasteiger partial charge in [-0.05, 0) is 29.8 Å². The zero-order chi connectivity index (χ0) is 16.1. The molecule has 0 bridgehead atoms. The Hall–Kier alpha value is -2.01. The number of hydrazone groups is 1. The van der Waals surface area contributed by atoms with Gasteiger partial charge in [-0.1, -0.05) is 40.2 Å². The molecule has 0 saturated carbocycles. The Morgan fingerprint density at radius 3 is 2.39 bits per heavy atom. The maximum absolute atomic E-state index is 5.45. The third-order valence-electron chi connectivity index (χ3n) is 3.92. The van der Waals surface area contributed by atoms with Crippen LogP contribution in [-0.4, -0.2) is 44.5 Å². The van der Waals surface area contributed by atoms with Gasteiger partial charge in [-0.15, -0.1) is 0 Å². The van der Waals surface area contributed by atoms with E-state index in [-0.39, 0.29) is 0 Å². The third-order valence-corrected chi connectivity index (χ3v) is 4.45. The Morgan fingerprint density at radius 1 is 1.00 bits per heavy atom. The van der Waals surface area contributed by atoms with Gasteiger partial charge in [0.1, 0.15) is 5.75 Å². The minimum atomic E-state index is 0.908. The maximum atomic E-state index is 5.45. The molecular formula is C18H20BrN3O. The van der Waals surface area contributed by atoms with Crippen molar-refractivity contribution in [1.29, 1.82) is 0 Å². The van der Waals surface area contributed by atoms with E-state index in [1.807, 2.05) is 30.5 Å². The molecule has 2 aromatic carbocycles. The third kappa shape index (κ3) is 4.05. The molecule has 4 nitrogen and oxygen atoms in total. The molecule has 0 radical (unpaired) electrons. The Bertz CT molecular complexity index is 664. The molecule has 0 aliphatic carbocycles. The predicted octanol–water partition coefficient (Wildman–Crippen LogP) is 3.61. The van der Waals surface area contributed by atoms with Gasteiger partial charge in [0, 0.05) is 17.6 Å². The number of halogens is 1. The van der Waals surface area contributed by atoms with Crippen molar-refractivity contribution in [2.75, 3.05) is 38.2 Å². The average molecular weight is 374 g/mol. The van der Waals surface area contributed by atoms with E-state index >= 15 is 0 Å². The van der Waals surface area contributed by atoms with Gasteiger partial charge in [0.2, 0.25) is 0 Å². The molecule has 120 valence electrons. The van der Waals surface area contributed by atoms with Crippen molar-refractivity contribution >= 4 is 27.8 Å². The van der Waals surface area contributed by atoms with E-state index in [0.717, 1.165) is 47.7 Å². The molecule has 0 unspecified atom stereocenters. The van der Waals surface area contributed by atoms with Crippen LogP contribution < -0.4 is 9.64 Å². The molecule has 1 aliphatic heterocycles. The van der Waals surface area contributed by atoms with Crippen LogP contribution in [0.4, 0.5) is 5.69 Å². The predicted molar refractivity (Wildman–Crippen MR) is 98.5 cm³/mol. The summed E-state index contributed by atoms with van der Waals surface area (Å²) in [5.74, 6) is 0.930. The summed E-state index contributed by atoms with van der Waals surface area (Å²) in [6.45, 7) is 3.70. The summed E-state index contributed by atoms with van der Waals surface area (Å²) in [5.41, 5.74) is 2.27. The molecular weight excluding hydrogens is 354 g/mol. The molecule has 1 heterocycles. The lowest BCUT2D eigenvalue weighted by Gasteiger charge is -2.35. The van der Waals surface area contributed by atoms with E-state index in [1.54, 1.807) is 7.11 Å². The summed E-state index contributed by atoms with van der Waals surface area (Å²) in [5, 5.41) is 6.71. The van der Waals surface area contributed by atoms with Crippen molar-refractivity contribution in [3.63, 3.8) is 0 Å². The molecule has 0 aromatic heterocycles. The van der Waals surface area contributed by atoms with E-state index in [4.69, 9.17) is 4.74 Å². The number of anilines is 1. The van der Waals surface area contributed by atoms with Crippen LogP contribution in [-0.2, 0) is 0 Å². The standard InChI is InChI=1S/C18H20BrN3O/c1-23-18-5-3-2-4-17(18)21-10-12-22(13-11-21)20-14-15-6-8-16(19)9-7-15/h2-9,14H,10-13H2,1H3/b20-14-. The summed E-state index contributed by atoms with van der Waals surface area (Å²) >= 11 is 3.44. The fourth-order valence-corrected chi connectivity index (χ4v) is 2.90. The van der Waals surface area contributed by atoms with Gasteiger partial charge < -0.3 is 9.64 Å². The minimum absolute atomic E-state index is 0.908. The molecule has 0 amide bonds. The molecule has 5 heteroatoms. The van der Waals surface area contributed by atoms with E-state index in [9.17, 15) is 0 Å². The first kappa shape index (κ1) is 15.9. The van der Waals surface area contributed by atoms with Gasteiger partial charge in [-0.25, -0.2) is 0 Å². The van der Waals surface area contributed by atoms with Crippen LogP contribution in [0.5, 0.6) is 5.75 Å². The van der Waals surface area contributed by atoms with Gasteiger partial charge in [0.05, 0.1) is 32.1 Å². The Labute approximate surface area is 145 Å². The quantitative estimate of drug-likeness (QED) is 0.766. The Morgan fingerprint density at radius 2 is 1.70 bits per heavy atom. The molecule has 1 saturated heterocycles. The number of hydrogen-bond donors (Lipinski definition) is 0. The largest absolute Gasteiger partial charge is 0.495 e. The maximum Gasteiger partial charge on any atom is 0.142 e. The van der Waals surface area contributed by atoms with E-state index in [0.29, 0.717) is 0 Å². The smallest absolute Gasteiger partial charge is 0.142 e. The van der Waals surface area contributed by atoms with Crippen molar-refractivity contribution in [1.82, 2.24) is 5.01 Å². The van der Waals surface area contributed by atoms with Crippen LogP contribution in [0.2, 0.25) is 0 Å². The zero-order valence-corrected chi connectivity index (χ0v) is 14.7. The highest BCUT2D eigenvalue weighted by molar-refractivity contribution is 9.10. The van der Waals surface area contributed by atoms with Crippen LogP contribution in [0.25, 0.3) is 0 Å². The summed E-state index contributed by atoms with van der Waals surface area (Å²) in [6.07, 6.45) is 1.92. The lowest BCUT2D eigenvalue weighted by Crippen LogP contribution is -2.44. The zero-order valence-electron chi connectivity index (χ0n) is 13.2. The summed E-state index contributed by atoms with van der Waals surface area (Å²) in [4.78, 5) is 2.35. The topological polar surface area (TPSA) is 28.1 Å². The first-order valence-electron chi connectivity index (χ1n) is 7.69. The number of ether oxygens (including phenoxy) is 1. The fourth-order valence-electron chi connectivity index (χ4n) is 2.64. The number of nitrogens with zero attached hydrogens (tertiary/aromatic N) is 3. The SMILES string of the molecule is COc1ccccc1N1CCN(/N=C\c2ccc(Br)cc2)CC1. The van der Waals surface area contributed by atoms with Gasteiger partial charge >= 0.3 is 0 Å². The lowest BCUT2D eigenvalue weighted by molar-refractivity contribution is 0.271. The molecule has 1 fully saturated rings. The molecule has 0 atom stereocenters. The van der Waals surface area contributed by atoms with Crippen molar-refractivity contribution < 1.29 is 4.74 Å². The number of piperazine rings is 1. The van der Waals surface area contributed by atoms with Crippen LogP contribution >= 0.6 is 15.9 Å². The fraction of sp³-hybridized carbons (Fsp3) is 0.278. The van der Waals surface area contributed by atoms with Crippen LogP contribution in [0.15, 0.2) is 58.1 Å². The first-order chi connectivity index (χ1) is 11.3.